The van der Waals surface area contributed by atoms with Gasteiger partial charge in [-0.05, 0) is 45.4 Å². The van der Waals surface area contributed by atoms with E-state index < -0.39 is 17.8 Å². The van der Waals surface area contributed by atoms with Crippen LogP contribution in [-0.2, 0) is 11.2 Å². The molecule has 0 saturated carbocycles. The Morgan fingerprint density at radius 2 is 2.11 bits per heavy atom. The lowest BCUT2D eigenvalue weighted by Crippen LogP contribution is -2.27. The highest BCUT2D eigenvalue weighted by Gasteiger charge is 2.17. The molecule has 0 saturated heterocycles. The van der Waals surface area contributed by atoms with E-state index in [4.69, 9.17) is 16.3 Å². The molecule has 0 aliphatic rings. The Balaban J connectivity index is 2.86. The highest BCUT2D eigenvalue weighted by Crippen LogP contribution is 2.23. The lowest BCUT2D eigenvalue weighted by Gasteiger charge is -2.20. The number of aliphatic hydroxyl groups excluding tert-OH is 1. The summed E-state index contributed by atoms with van der Waals surface area (Å²) in [6.07, 6.45) is -0.607. The Morgan fingerprint density at radius 3 is 2.63 bits per heavy atom. The van der Waals surface area contributed by atoms with Gasteiger partial charge in [0.15, 0.2) is 0 Å². The molecule has 0 heterocycles. The van der Waals surface area contributed by atoms with Crippen LogP contribution in [0.15, 0.2) is 18.2 Å². The summed E-state index contributed by atoms with van der Waals surface area (Å²) in [5.74, 6) is 0. The Morgan fingerprint density at radius 1 is 1.47 bits per heavy atom. The second-order valence-electron chi connectivity index (χ2n) is 5.48. The van der Waals surface area contributed by atoms with Crippen molar-refractivity contribution in [3.63, 3.8) is 0 Å². The van der Waals surface area contributed by atoms with Crippen molar-refractivity contribution in [2.45, 2.75) is 45.8 Å². The van der Waals surface area contributed by atoms with Gasteiger partial charge in [0.05, 0.1) is 6.10 Å². The van der Waals surface area contributed by atoms with Crippen molar-refractivity contribution in [2.24, 2.45) is 0 Å². The Hall–Kier alpha value is -1.26. The van der Waals surface area contributed by atoms with Gasteiger partial charge in [0.25, 0.3) is 0 Å². The molecule has 0 aromatic heterocycles. The van der Waals surface area contributed by atoms with Gasteiger partial charge in [-0.15, -0.1) is 0 Å². The van der Waals surface area contributed by atoms with Gasteiger partial charge in [-0.25, -0.2) is 4.79 Å². The van der Waals surface area contributed by atoms with Crippen molar-refractivity contribution < 1.29 is 14.6 Å². The molecule has 1 aromatic rings. The summed E-state index contributed by atoms with van der Waals surface area (Å²) < 4.78 is 5.19. The summed E-state index contributed by atoms with van der Waals surface area (Å²) >= 11 is 5.92. The van der Waals surface area contributed by atoms with Crippen molar-refractivity contribution in [1.82, 2.24) is 0 Å². The third kappa shape index (κ3) is 5.94. The smallest absolute Gasteiger partial charge is 0.412 e. The molecule has 1 atom stereocenters. The summed E-state index contributed by atoms with van der Waals surface area (Å²) in [6, 6.07) is 5.14. The van der Waals surface area contributed by atoms with Crippen LogP contribution in [0.5, 0.6) is 0 Å². The number of ether oxygens (including phenoxy) is 1. The maximum absolute atomic E-state index is 11.7. The van der Waals surface area contributed by atoms with Gasteiger partial charge in [-0.3, -0.25) is 5.32 Å². The van der Waals surface area contributed by atoms with Crippen molar-refractivity contribution in [1.29, 1.82) is 0 Å². The van der Waals surface area contributed by atoms with E-state index >= 15 is 0 Å². The van der Waals surface area contributed by atoms with E-state index in [-0.39, 0.29) is 0 Å². The molecule has 0 unspecified atom stereocenters. The highest BCUT2D eigenvalue weighted by atomic mass is 35.5. The fourth-order valence-electron chi connectivity index (χ4n) is 1.57. The van der Waals surface area contributed by atoms with Crippen LogP contribution in [0.2, 0.25) is 5.02 Å². The molecule has 106 valence electrons. The fourth-order valence-corrected chi connectivity index (χ4v) is 1.75. The van der Waals surface area contributed by atoms with Gasteiger partial charge in [-0.1, -0.05) is 17.7 Å². The average molecular weight is 286 g/mol. The van der Waals surface area contributed by atoms with Crippen molar-refractivity contribution >= 4 is 23.4 Å². The third-order valence-electron chi connectivity index (χ3n) is 2.22. The van der Waals surface area contributed by atoms with Crippen LogP contribution in [0, 0.1) is 0 Å². The second kappa shape index (κ2) is 6.26. The van der Waals surface area contributed by atoms with E-state index in [1.807, 2.05) is 0 Å². The number of carbonyl (C=O) groups is 1. The largest absolute Gasteiger partial charge is 0.444 e. The number of halogens is 1. The van der Waals surface area contributed by atoms with Crippen LogP contribution in [0.25, 0.3) is 0 Å². The predicted molar refractivity (Wildman–Crippen MR) is 76.7 cm³/mol. The van der Waals surface area contributed by atoms with Gasteiger partial charge in [0.1, 0.15) is 5.60 Å². The standard InChI is InChI=1S/C14H20ClNO3/c1-9(17)7-10-5-6-11(15)8-12(10)16-13(18)19-14(2,3)4/h5-6,8-9,17H,7H2,1-4H3,(H,16,18)/t9-/m0/s1. The van der Waals surface area contributed by atoms with Crippen molar-refractivity contribution in [3.05, 3.63) is 28.8 Å². The topological polar surface area (TPSA) is 58.6 Å². The summed E-state index contributed by atoms with van der Waals surface area (Å²) in [7, 11) is 0. The number of nitrogens with one attached hydrogen (secondary N) is 1. The number of hydrogen-bond donors (Lipinski definition) is 2. The lowest BCUT2D eigenvalue weighted by atomic mass is 10.1. The maximum Gasteiger partial charge on any atom is 0.412 e. The predicted octanol–water partition coefficient (Wildman–Crippen LogP) is 3.61. The molecule has 19 heavy (non-hydrogen) atoms. The van der Waals surface area contributed by atoms with Crippen LogP contribution in [0.4, 0.5) is 10.5 Å². The van der Waals surface area contributed by atoms with Gasteiger partial charge in [0, 0.05) is 17.1 Å². The van der Waals surface area contributed by atoms with Gasteiger partial charge < -0.3 is 9.84 Å². The number of hydrogen-bond acceptors (Lipinski definition) is 3. The summed E-state index contributed by atoms with van der Waals surface area (Å²) in [4.78, 5) is 11.7. The Bertz CT molecular complexity index is 452. The van der Waals surface area contributed by atoms with E-state index in [9.17, 15) is 9.90 Å². The number of aliphatic hydroxyl groups is 1. The first-order valence-corrected chi connectivity index (χ1v) is 6.51. The molecule has 1 rings (SSSR count). The molecule has 0 aliphatic carbocycles. The normalized spacial score (nSPS) is 12.9. The van der Waals surface area contributed by atoms with E-state index in [0.29, 0.717) is 17.1 Å². The molecule has 2 N–H and O–H groups in total. The molecule has 0 radical (unpaired) electrons. The highest BCUT2D eigenvalue weighted by molar-refractivity contribution is 6.31. The monoisotopic (exact) mass is 285 g/mol. The van der Waals surface area contributed by atoms with Gasteiger partial charge in [0.2, 0.25) is 0 Å². The first-order valence-electron chi connectivity index (χ1n) is 6.14. The molecular weight excluding hydrogens is 266 g/mol. The fraction of sp³-hybridized carbons (Fsp3) is 0.500. The summed E-state index contributed by atoms with van der Waals surface area (Å²) in [6.45, 7) is 7.07. The van der Waals surface area contributed by atoms with E-state index in [0.717, 1.165) is 5.56 Å². The zero-order valence-electron chi connectivity index (χ0n) is 11.7. The van der Waals surface area contributed by atoms with Crippen LogP contribution in [0.3, 0.4) is 0 Å². The molecule has 1 aromatic carbocycles. The maximum atomic E-state index is 11.7. The molecule has 0 fully saturated rings. The molecule has 0 aliphatic heterocycles. The number of benzene rings is 1. The molecule has 4 nitrogen and oxygen atoms in total. The summed E-state index contributed by atoms with van der Waals surface area (Å²) in [5, 5.41) is 12.6. The third-order valence-corrected chi connectivity index (χ3v) is 2.46. The van der Waals surface area contributed by atoms with Gasteiger partial charge >= 0.3 is 6.09 Å². The minimum Gasteiger partial charge on any atom is -0.444 e. The Kier molecular flexibility index (Phi) is 5.20. The zero-order valence-corrected chi connectivity index (χ0v) is 12.4. The van der Waals surface area contributed by atoms with Crippen LogP contribution < -0.4 is 5.32 Å². The molecule has 0 spiro atoms. The van der Waals surface area contributed by atoms with E-state index in [2.05, 4.69) is 5.32 Å². The SMILES string of the molecule is C[C@H](O)Cc1ccc(Cl)cc1NC(=O)OC(C)(C)C. The number of amides is 1. The van der Waals surface area contributed by atoms with E-state index in [1.54, 1.807) is 45.9 Å². The van der Waals surface area contributed by atoms with E-state index in [1.165, 1.54) is 0 Å². The van der Waals surface area contributed by atoms with Crippen LogP contribution in [-0.4, -0.2) is 22.9 Å². The van der Waals surface area contributed by atoms with Crippen LogP contribution >= 0.6 is 11.6 Å². The number of carbonyl (C=O) groups excluding carboxylic acids is 1. The average Bonchev–Trinajstić information content (AvgIpc) is 2.18. The second-order valence-corrected chi connectivity index (χ2v) is 5.92. The summed E-state index contributed by atoms with van der Waals surface area (Å²) in [5.41, 5.74) is 0.806. The van der Waals surface area contributed by atoms with Gasteiger partial charge in [-0.2, -0.15) is 0 Å². The number of rotatable bonds is 3. The Labute approximate surface area is 118 Å². The van der Waals surface area contributed by atoms with Crippen LogP contribution in [0.1, 0.15) is 33.3 Å². The van der Waals surface area contributed by atoms with Crippen molar-refractivity contribution in [2.75, 3.05) is 5.32 Å². The lowest BCUT2D eigenvalue weighted by molar-refractivity contribution is 0.0635. The minimum atomic E-state index is -0.562. The number of anilines is 1. The quantitative estimate of drug-likeness (QED) is 0.892. The molecular formula is C14H20ClNO3. The molecule has 5 heteroatoms. The molecule has 0 bridgehead atoms. The zero-order chi connectivity index (χ0) is 14.6. The minimum absolute atomic E-state index is 0.433. The molecule has 1 amide bonds. The first-order chi connectivity index (χ1) is 8.67. The first kappa shape index (κ1) is 15.8. The van der Waals surface area contributed by atoms with Crippen molar-refractivity contribution in [3.8, 4) is 0 Å².